The van der Waals surface area contributed by atoms with E-state index in [1.54, 1.807) is 12.5 Å². The predicted octanol–water partition coefficient (Wildman–Crippen LogP) is 3.50. The molecule has 5 nitrogen and oxygen atoms in total. The van der Waals surface area contributed by atoms with Gasteiger partial charge in [-0.25, -0.2) is 4.98 Å². The Labute approximate surface area is 156 Å². The lowest BCUT2D eigenvalue weighted by Crippen LogP contribution is -2.46. The normalized spacial score (nSPS) is 20.3. The van der Waals surface area contributed by atoms with Gasteiger partial charge in [0.1, 0.15) is 0 Å². The summed E-state index contributed by atoms with van der Waals surface area (Å²) >= 11 is 0. The molecule has 1 aliphatic carbocycles. The second-order valence-corrected chi connectivity index (χ2v) is 7.13. The van der Waals surface area contributed by atoms with Gasteiger partial charge in [-0.15, -0.1) is 0 Å². The van der Waals surface area contributed by atoms with Crippen LogP contribution in [0.2, 0.25) is 0 Å². The monoisotopic (exact) mass is 354 g/mol. The van der Waals surface area contributed by atoms with Gasteiger partial charge in [-0.2, -0.15) is 0 Å². The molecule has 0 aliphatic heterocycles. The summed E-state index contributed by atoms with van der Waals surface area (Å²) in [7, 11) is 0. The molecule has 2 atom stereocenters. The second-order valence-electron chi connectivity index (χ2n) is 7.13. The van der Waals surface area contributed by atoms with Crippen LogP contribution in [0.5, 0.6) is 0 Å². The van der Waals surface area contributed by atoms with Gasteiger partial charge in [0.15, 0.2) is 0 Å². The summed E-state index contributed by atoms with van der Waals surface area (Å²) < 4.78 is 1.93. The van der Waals surface area contributed by atoms with Gasteiger partial charge in [-0.3, -0.25) is 4.79 Å². The molecule has 3 rings (SSSR count). The molecule has 0 spiro atoms. The average molecular weight is 354 g/mol. The predicted molar refractivity (Wildman–Crippen MR) is 105 cm³/mol. The first-order valence-corrected chi connectivity index (χ1v) is 9.82. The quantitative estimate of drug-likeness (QED) is 0.828. The fourth-order valence-corrected chi connectivity index (χ4v) is 3.88. The number of carbonyl (C=O) groups excluding carboxylic acids is 1. The Kier molecular flexibility index (Phi) is 6.45. The van der Waals surface area contributed by atoms with Crippen molar-refractivity contribution < 1.29 is 4.79 Å². The lowest BCUT2D eigenvalue weighted by Gasteiger charge is -2.35. The van der Waals surface area contributed by atoms with Gasteiger partial charge in [0.25, 0.3) is 5.91 Å². The molecular weight excluding hydrogens is 324 g/mol. The van der Waals surface area contributed by atoms with E-state index in [1.807, 2.05) is 35.0 Å². The van der Waals surface area contributed by atoms with Gasteiger partial charge in [0.05, 0.1) is 6.33 Å². The summed E-state index contributed by atoms with van der Waals surface area (Å²) in [5.41, 5.74) is 1.73. The van der Waals surface area contributed by atoms with E-state index in [0.717, 1.165) is 37.3 Å². The minimum Gasteiger partial charge on any atom is -0.349 e. The third kappa shape index (κ3) is 4.52. The molecule has 1 amide bonds. The van der Waals surface area contributed by atoms with E-state index in [2.05, 4.69) is 29.0 Å². The fraction of sp³-hybridized carbons (Fsp3) is 0.524. The van der Waals surface area contributed by atoms with Crippen LogP contribution >= 0.6 is 0 Å². The molecule has 140 valence electrons. The first-order valence-electron chi connectivity index (χ1n) is 9.82. The third-order valence-electron chi connectivity index (χ3n) is 5.54. The number of hydrogen-bond acceptors (Lipinski definition) is 3. The fourth-order valence-electron chi connectivity index (χ4n) is 3.88. The van der Waals surface area contributed by atoms with Gasteiger partial charge in [-0.1, -0.05) is 26.7 Å². The molecule has 1 saturated carbocycles. The molecule has 1 aromatic carbocycles. The van der Waals surface area contributed by atoms with Crippen LogP contribution in [0.1, 0.15) is 49.9 Å². The summed E-state index contributed by atoms with van der Waals surface area (Å²) in [5, 5.41) is 3.31. The van der Waals surface area contributed by atoms with Crippen molar-refractivity contribution in [1.82, 2.24) is 19.8 Å². The van der Waals surface area contributed by atoms with E-state index in [1.165, 1.54) is 19.3 Å². The van der Waals surface area contributed by atoms with Crippen molar-refractivity contribution in [3.8, 4) is 5.69 Å². The zero-order chi connectivity index (χ0) is 18.4. The van der Waals surface area contributed by atoms with Crippen molar-refractivity contribution in [2.75, 3.05) is 19.6 Å². The molecule has 2 unspecified atom stereocenters. The van der Waals surface area contributed by atoms with Crippen LogP contribution in [0.25, 0.3) is 5.69 Å². The maximum atomic E-state index is 12.7. The highest BCUT2D eigenvalue weighted by molar-refractivity contribution is 5.94. The maximum absolute atomic E-state index is 12.7. The molecule has 26 heavy (non-hydrogen) atoms. The van der Waals surface area contributed by atoms with Crippen molar-refractivity contribution in [1.29, 1.82) is 0 Å². The van der Waals surface area contributed by atoms with E-state index < -0.39 is 0 Å². The molecule has 1 aromatic heterocycles. The molecule has 1 fully saturated rings. The smallest absolute Gasteiger partial charge is 0.251 e. The molecule has 1 N–H and O–H groups in total. The van der Waals surface area contributed by atoms with Crippen molar-refractivity contribution in [2.45, 2.75) is 45.6 Å². The standard InChI is InChI=1S/C21H30N4O/c1-3-24(4-2)15-18-7-5-6-8-20(18)23-21(26)17-9-11-19(12-10-17)25-14-13-22-16-25/h9-14,16,18,20H,3-8,15H2,1-2H3,(H,23,26). The highest BCUT2D eigenvalue weighted by Crippen LogP contribution is 2.25. The summed E-state index contributed by atoms with van der Waals surface area (Å²) in [6.45, 7) is 7.65. The van der Waals surface area contributed by atoms with Crippen molar-refractivity contribution in [3.05, 3.63) is 48.5 Å². The van der Waals surface area contributed by atoms with E-state index in [4.69, 9.17) is 0 Å². The number of aromatic nitrogens is 2. The molecule has 0 bridgehead atoms. The molecule has 5 heteroatoms. The maximum Gasteiger partial charge on any atom is 0.251 e. The van der Waals surface area contributed by atoms with E-state index in [0.29, 0.717) is 5.92 Å². The van der Waals surface area contributed by atoms with Crippen LogP contribution in [0.3, 0.4) is 0 Å². The Bertz CT molecular complexity index is 677. The van der Waals surface area contributed by atoms with E-state index >= 15 is 0 Å². The molecule has 2 aromatic rings. The Hall–Kier alpha value is -2.14. The first kappa shape index (κ1) is 18.6. The van der Waals surface area contributed by atoms with Gasteiger partial charge >= 0.3 is 0 Å². The van der Waals surface area contributed by atoms with E-state index in [9.17, 15) is 4.79 Å². The van der Waals surface area contributed by atoms with Crippen LogP contribution in [0.15, 0.2) is 43.0 Å². The topological polar surface area (TPSA) is 50.2 Å². The number of nitrogens with zero attached hydrogens (tertiary/aromatic N) is 3. The lowest BCUT2D eigenvalue weighted by atomic mass is 9.84. The van der Waals surface area contributed by atoms with Crippen LogP contribution < -0.4 is 5.32 Å². The largest absolute Gasteiger partial charge is 0.349 e. The molecule has 1 aliphatic rings. The number of carbonyl (C=O) groups is 1. The van der Waals surface area contributed by atoms with Crippen LogP contribution in [-0.4, -0.2) is 46.0 Å². The van der Waals surface area contributed by atoms with Crippen LogP contribution in [0, 0.1) is 5.92 Å². The second kappa shape index (κ2) is 8.99. The summed E-state index contributed by atoms with van der Waals surface area (Å²) in [4.78, 5) is 19.3. The Balaban J connectivity index is 1.63. The zero-order valence-corrected chi connectivity index (χ0v) is 15.9. The SMILES string of the molecule is CCN(CC)CC1CCCCC1NC(=O)c1ccc(-n2ccnc2)cc1. The molecule has 1 heterocycles. The summed E-state index contributed by atoms with van der Waals surface area (Å²) in [6.07, 6.45) is 10.2. The Morgan fingerprint density at radius 3 is 2.58 bits per heavy atom. The number of imidazole rings is 1. The molecular formula is C21H30N4O. The number of benzene rings is 1. The van der Waals surface area contributed by atoms with Gasteiger partial charge < -0.3 is 14.8 Å². The minimum atomic E-state index is 0.0404. The van der Waals surface area contributed by atoms with Crippen molar-refractivity contribution in [2.24, 2.45) is 5.92 Å². The van der Waals surface area contributed by atoms with Gasteiger partial charge in [0.2, 0.25) is 0 Å². The number of nitrogens with one attached hydrogen (secondary N) is 1. The number of hydrogen-bond donors (Lipinski definition) is 1. The lowest BCUT2D eigenvalue weighted by molar-refractivity contribution is 0.0888. The Morgan fingerprint density at radius 2 is 1.92 bits per heavy atom. The van der Waals surface area contributed by atoms with Crippen molar-refractivity contribution in [3.63, 3.8) is 0 Å². The number of amides is 1. The number of rotatable bonds is 7. The highest BCUT2D eigenvalue weighted by Gasteiger charge is 2.27. The summed E-state index contributed by atoms with van der Waals surface area (Å²) in [5.74, 6) is 0.594. The molecule has 0 saturated heterocycles. The third-order valence-corrected chi connectivity index (χ3v) is 5.54. The Morgan fingerprint density at radius 1 is 1.19 bits per heavy atom. The zero-order valence-electron chi connectivity index (χ0n) is 15.9. The molecule has 0 radical (unpaired) electrons. The van der Waals surface area contributed by atoms with Crippen LogP contribution in [0.4, 0.5) is 0 Å². The minimum absolute atomic E-state index is 0.0404. The van der Waals surface area contributed by atoms with Crippen LogP contribution in [-0.2, 0) is 0 Å². The first-order chi connectivity index (χ1) is 12.7. The van der Waals surface area contributed by atoms with Gasteiger partial charge in [0, 0.05) is 36.2 Å². The highest BCUT2D eigenvalue weighted by atomic mass is 16.1. The van der Waals surface area contributed by atoms with Crippen molar-refractivity contribution >= 4 is 5.91 Å². The average Bonchev–Trinajstić information content (AvgIpc) is 3.22. The summed E-state index contributed by atoms with van der Waals surface area (Å²) in [6, 6.07) is 8.00. The van der Waals surface area contributed by atoms with E-state index in [-0.39, 0.29) is 11.9 Å². The van der Waals surface area contributed by atoms with Gasteiger partial charge in [-0.05, 0) is 56.1 Å².